The van der Waals surface area contributed by atoms with Crippen molar-refractivity contribution in [3.05, 3.63) is 65.2 Å². The van der Waals surface area contributed by atoms with E-state index in [4.69, 9.17) is 0 Å². The molecule has 2 aromatic rings. The van der Waals surface area contributed by atoms with Crippen LogP contribution in [0.25, 0.3) is 0 Å². The molecule has 4 amide bonds. The zero-order chi connectivity index (χ0) is 19.6. The third kappa shape index (κ3) is 1.83. The number of fused-ring (bicyclic) bond motifs is 6. The molecular weight excluding hydrogens is 352 g/mol. The van der Waals surface area contributed by atoms with Gasteiger partial charge in [-0.3, -0.25) is 14.7 Å². The molecule has 1 unspecified atom stereocenters. The zero-order valence-electron chi connectivity index (χ0n) is 16.4. The number of amides is 4. The van der Waals surface area contributed by atoms with E-state index in [1.54, 1.807) is 9.80 Å². The van der Waals surface area contributed by atoms with Crippen LogP contribution >= 0.6 is 0 Å². The lowest BCUT2D eigenvalue weighted by atomic mass is 9.82. The van der Waals surface area contributed by atoms with E-state index < -0.39 is 5.66 Å². The van der Waals surface area contributed by atoms with Gasteiger partial charge in [-0.2, -0.15) is 0 Å². The summed E-state index contributed by atoms with van der Waals surface area (Å²) in [6.45, 7) is 3.23. The highest BCUT2D eigenvalue weighted by molar-refractivity contribution is 5.97. The van der Waals surface area contributed by atoms with Crippen molar-refractivity contribution < 1.29 is 9.59 Å². The molecule has 6 heteroatoms. The van der Waals surface area contributed by atoms with Crippen LogP contribution in [-0.4, -0.2) is 47.4 Å². The van der Waals surface area contributed by atoms with Gasteiger partial charge in [-0.25, -0.2) is 9.59 Å². The maximum Gasteiger partial charge on any atom is 0.326 e. The molecule has 3 aliphatic heterocycles. The molecule has 2 aromatic carbocycles. The summed E-state index contributed by atoms with van der Waals surface area (Å²) >= 11 is 0. The topological polar surface area (TPSA) is 47.1 Å². The molecule has 3 aliphatic rings. The van der Waals surface area contributed by atoms with Gasteiger partial charge in [-0.05, 0) is 23.6 Å². The summed E-state index contributed by atoms with van der Waals surface area (Å²) in [7, 11) is 3.65. The highest BCUT2D eigenvalue weighted by Crippen LogP contribution is 2.58. The Kier molecular flexibility index (Phi) is 3.50. The Labute approximate surface area is 164 Å². The van der Waals surface area contributed by atoms with E-state index in [1.807, 2.05) is 54.2 Å². The number of carbonyl (C=O) groups is 2. The molecule has 28 heavy (non-hydrogen) atoms. The van der Waals surface area contributed by atoms with Crippen molar-refractivity contribution in [1.82, 2.24) is 14.7 Å². The smallest absolute Gasteiger partial charge is 0.308 e. The highest BCUT2D eigenvalue weighted by atomic mass is 16.2. The Hall–Kier alpha value is -3.02. The standard InChI is InChI=1S/C22H24N4O2/c1-4-13-26-20(27)23(2)18-12-8-7-11-17(18)22(26)19-16-10-6-5-9-15(16)14-25(19)21(28)24(22)3/h5-12,19H,4,13-14H2,1-3H3/t19?,22-/m1/s1. The van der Waals surface area contributed by atoms with E-state index in [1.165, 1.54) is 0 Å². The van der Waals surface area contributed by atoms with Crippen LogP contribution in [0.15, 0.2) is 48.5 Å². The first kappa shape index (κ1) is 17.1. The van der Waals surface area contributed by atoms with Crippen LogP contribution in [0.2, 0.25) is 0 Å². The number of likely N-dealkylation sites (N-methyl/N-ethyl adjacent to an activating group) is 1. The fourth-order valence-corrected chi connectivity index (χ4v) is 5.32. The van der Waals surface area contributed by atoms with E-state index in [0.717, 1.165) is 28.8 Å². The van der Waals surface area contributed by atoms with Gasteiger partial charge in [0.15, 0.2) is 5.66 Å². The van der Waals surface area contributed by atoms with Crippen molar-refractivity contribution in [2.24, 2.45) is 0 Å². The third-order valence-electron chi connectivity index (χ3n) is 6.47. The number of para-hydroxylation sites is 1. The number of rotatable bonds is 2. The monoisotopic (exact) mass is 376 g/mol. The van der Waals surface area contributed by atoms with E-state index in [9.17, 15) is 9.59 Å². The van der Waals surface area contributed by atoms with Gasteiger partial charge in [0.05, 0.1) is 5.69 Å². The summed E-state index contributed by atoms with van der Waals surface area (Å²) in [6.07, 6.45) is 0.819. The number of carbonyl (C=O) groups excluding carboxylic acids is 2. The van der Waals surface area contributed by atoms with Gasteiger partial charge in [0.25, 0.3) is 0 Å². The van der Waals surface area contributed by atoms with Crippen LogP contribution < -0.4 is 4.90 Å². The van der Waals surface area contributed by atoms with E-state index in [2.05, 4.69) is 25.1 Å². The fraction of sp³-hybridized carbons (Fsp3) is 0.364. The van der Waals surface area contributed by atoms with E-state index >= 15 is 0 Å². The molecule has 0 saturated carbocycles. The lowest BCUT2D eigenvalue weighted by molar-refractivity contribution is -0.00276. The number of hydrogen-bond acceptors (Lipinski definition) is 2. The molecule has 144 valence electrons. The number of hydrogen-bond donors (Lipinski definition) is 0. The predicted octanol–water partition coefficient (Wildman–Crippen LogP) is 3.74. The number of benzene rings is 2. The van der Waals surface area contributed by atoms with Crippen LogP contribution in [0, 0.1) is 0 Å². The molecule has 0 radical (unpaired) electrons. The van der Waals surface area contributed by atoms with Crippen LogP contribution in [0.1, 0.15) is 36.1 Å². The van der Waals surface area contributed by atoms with Crippen molar-refractivity contribution in [1.29, 1.82) is 0 Å². The van der Waals surface area contributed by atoms with Crippen molar-refractivity contribution >= 4 is 17.7 Å². The summed E-state index contributed by atoms with van der Waals surface area (Å²) in [5, 5.41) is 0. The lowest BCUT2D eigenvalue weighted by Gasteiger charge is -2.53. The minimum absolute atomic E-state index is 0.0329. The number of urea groups is 2. The highest BCUT2D eigenvalue weighted by Gasteiger charge is 2.66. The molecule has 6 nitrogen and oxygen atoms in total. The average Bonchev–Trinajstić information content (AvgIpc) is 3.20. The van der Waals surface area contributed by atoms with Gasteiger partial charge in [0.1, 0.15) is 6.04 Å². The average molecular weight is 376 g/mol. The Balaban J connectivity index is 1.85. The summed E-state index contributed by atoms with van der Waals surface area (Å²) in [6, 6.07) is 15.9. The molecule has 5 rings (SSSR count). The maximum absolute atomic E-state index is 13.5. The quantitative estimate of drug-likeness (QED) is 0.802. The first-order valence-electron chi connectivity index (χ1n) is 9.80. The summed E-state index contributed by atoms with van der Waals surface area (Å²) < 4.78 is 0. The molecule has 0 N–H and O–H groups in total. The SMILES string of the molecule is CCCN1C(=O)N(C)c2ccccc2[C@]12C1c3ccccc3CN1C(=O)N2C. The third-order valence-corrected chi connectivity index (χ3v) is 6.47. The minimum atomic E-state index is -0.847. The summed E-state index contributed by atoms with van der Waals surface area (Å²) in [5.41, 5.74) is 3.32. The van der Waals surface area contributed by atoms with Gasteiger partial charge in [-0.1, -0.05) is 49.4 Å². The minimum Gasteiger partial charge on any atom is -0.308 e. The molecular formula is C22H24N4O2. The Morgan fingerprint density at radius 1 is 1.00 bits per heavy atom. The maximum atomic E-state index is 13.5. The van der Waals surface area contributed by atoms with Gasteiger partial charge >= 0.3 is 12.1 Å². The predicted molar refractivity (Wildman–Crippen MR) is 107 cm³/mol. The van der Waals surface area contributed by atoms with Crippen molar-refractivity contribution in [2.45, 2.75) is 31.6 Å². The molecule has 1 fully saturated rings. The van der Waals surface area contributed by atoms with Crippen molar-refractivity contribution in [2.75, 3.05) is 25.5 Å². The van der Waals surface area contributed by atoms with Crippen molar-refractivity contribution in [3.63, 3.8) is 0 Å². The zero-order valence-corrected chi connectivity index (χ0v) is 16.4. The van der Waals surface area contributed by atoms with Crippen molar-refractivity contribution in [3.8, 4) is 0 Å². The molecule has 1 saturated heterocycles. The first-order valence-corrected chi connectivity index (χ1v) is 9.80. The molecule has 0 aliphatic carbocycles. The number of nitrogens with zero attached hydrogens (tertiary/aromatic N) is 4. The molecule has 3 heterocycles. The Bertz CT molecular complexity index is 990. The van der Waals surface area contributed by atoms with Gasteiger partial charge in [0.2, 0.25) is 0 Å². The second kappa shape index (κ2) is 5.74. The van der Waals surface area contributed by atoms with Gasteiger partial charge in [-0.15, -0.1) is 0 Å². The van der Waals surface area contributed by atoms with E-state index in [0.29, 0.717) is 13.1 Å². The van der Waals surface area contributed by atoms with Gasteiger partial charge < -0.3 is 4.90 Å². The Morgan fingerprint density at radius 2 is 1.71 bits per heavy atom. The number of anilines is 1. The molecule has 0 bridgehead atoms. The summed E-state index contributed by atoms with van der Waals surface area (Å²) in [5.74, 6) is 0. The second-order valence-electron chi connectivity index (χ2n) is 7.81. The first-order chi connectivity index (χ1) is 13.5. The molecule has 1 spiro atoms. The van der Waals surface area contributed by atoms with E-state index in [-0.39, 0.29) is 18.1 Å². The summed E-state index contributed by atoms with van der Waals surface area (Å²) in [4.78, 5) is 34.2. The largest absolute Gasteiger partial charge is 0.326 e. The molecule has 0 aromatic heterocycles. The van der Waals surface area contributed by atoms with Gasteiger partial charge in [0, 0.05) is 32.7 Å². The fourth-order valence-electron chi connectivity index (χ4n) is 5.32. The van der Waals surface area contributed by atoms with Crippen LogP contribution in [0.5, 0.6) is 0 Å². The van der Waals surface area contributed by atoms with Crippen LogP contribution in [0.3, 0.4) is 0 Å². The molecule has 2 atom stereocenters. The Morgan fingerprint density at radius 3 is 2.50 bits per heavy atom. The van der Waals surface area contributed by atoms with Crippen LogP contribution in [-0.2, 0) is 12.2 Å². The second-order valence-corrected chi connectivity index (χ2v) is 7.81. The van der Waals surface area contributed by atoms with Crippen LogP contribution in [0.4, 0.5) is 15.3 Å². The lowest BCUT2D eigenvalue weighted by Crippen LogP contribution is -2.64. The normalized spacial score (nSPS) is 25.5.